The van der Waals surface area contributed by atoms with Crippen LogP contribution in [-0.2, 0) is 6.42 Å². The van der Waals surface area contributed by atoms with Gasteiger partial charge in [-0.1, -0.05) is 24.3 Å². The molecule has 0 bridgehead atoms. The van der Waals surface area contributed by atoms with Crippen LogP contribution in [0.15, 0.2) is 42.6 Å². The highest BCUT2D eigenvalue weighted by atomic mass is 16.2. The van der Waals surface area contributed by atoms with Gasteiger partial charge in [0.2, 0.25) is 0 Å². The maximum Gasteiger partial charge on any atom is 0.255 e. The Balaban J connectivity index is 1.72. The van der Waals surface area contributed by atoms with Crippen LogP contribution in [0.1, 0.15) is 35.2 Å². The molecule has 1 aliphatic heterocycles. The molecule has 0 unspecified atom stereocenters. The Kier molecular flexibility index (Phi) is 5.03. The van der Waals surface area contributed by atoms with Gasteiger partial charge in [0.05, 0.1) is 11.3 Å². The number of piperidine rings is 1. The summed E-state index contributed by atoms with van der Waals surface area (Å²) in [4.78, 5) is 18.8. The number of carbonyl (C=O) groups is 1. The van der Waals surface area contributed by atoms with Crippen LogP contribution >= 0.6 is 0 Å². The summed E-state index contributed by atoms with van der Waals surface area (Å²) in [6.45, 7) is 2.39. The number of nitrogens with zero attached hydrogens (tertiary/aromatic N) is 2. The monoisotopic (exact) mass is 309 g/mol. The minimum atomic E-state index is 0.0991. The molecule has 2 heterocycles. The third kappa shape index (κ3) is 3.77. The second-order valence-electron chi connectivity index (χ2n) is 6.02. The molecule has 0 radical (unpaired) electrons. The zero-order valence-electron chi connectivity index (χ0n) is 13.4. The average Bonchev–Trinajstić information content (AvgIpc) is 2.63. The third-order valence-corrected chi connectivity index (χ3v) is 4.34. The van der Waals surface area contributed by atoms with Crippen molar-refractivity contribution in [3.05, 3.63) is 53.7 Å². The van der Waals surface area contributed by atoms with Crippen LogP contribution in [0.4, 0.5) is 0 Å². The molecule has 1 amide bonds. The summed E-state index contributed by atoms with van der Waals surface area (Å²) in [7, 11) is 0. The Hall–Kier alpha value is -2.20. The van der Waals surface area contributed by atoms with Gasteiger partial charge < -0.3 is 10.6 Å². The van der Waals surface area contributed by atoms with Crippen molar-refractivity contribution in [2.45, 2.75) is 25.7 Å². The van der Waals surface area contributed by atoms with Crippen LogP contribution in [0.2, 0.25) is 0 Å². The number of pyridine rings is 1. The molecule has 0 spiro atoms. The molecule has 120 valence electrons. The number of nitrogens with two attached hydrogens (primary N) is 1. The Morgan fingerprint density at radius 1 is 1.04 bits per heavy atom. The van der Waals surface area contributed by atoms with Crippen LogP contribution < -0.4 is 5.73 Å². The zero-order chi connectivity index (χ0) is 16.1. The van der Waals surface area contributed by atoms with Crippen molar-refractivity contribution < 1.29 is 4.79 Å². The molecule has 4 nitrogen and oxygen atoms in total. The number of rotatable bonds is 4. The first kappa shape index (κ1) is 15.7. The molecule has 0 aliphatic carbocycles. The van der Waals surface area contributed by atoms with E-state index in [9.17, 15) is 4.79 Å². The average molecular weight is 309 g/mol. The highest BCUT2D eigenvalue weighted by Crippen LogP contribution is 2.19. The molecule has 0 atom stereocenters. The minimum absolute atomic E-state index is 0.0991. The molecule has 3 rings (SSSR count). The van der Waals surface area contributed by atoms with Gasteiger partial charge in [-0.05, 0) is 49.9 Å². The van der Waals surface area contributed by atoms with Gasteiger partial charge in [-0.2, -0.15) is 0 Å². The van der Waals surface area contributed by atoms with Crippen molar-refractivity contribution in [3.63, 3.8) is 0 Å². The van der Waals surface area contributed by atoms with Gasteiger partial charge >= 0.3 is 0 Å². The van der Waals surface area contributed by atoms with Gasteiger partial charge in [0, 0.05) is 24.8 Å². The fraction of sp³-hybridized carbons (Fsp3) is 0.368. The fourth-order valence-corrected chi connectivity index (χ4v) is 2.98. The fourth-order valence-electron chi connectivity index (χ4n) is 2.98. The van der Waals surface area contributed by atoms with E-state index < -0.39 is 0 Å². The lowest BCUT2D eigenvalue weighted by Gasteiger charge is -2.26. The Morgan fingerprint density at radius 3 is 2.39 bits per heavy atom. The van der Waals surface area contributed by atoms with Crippen LogP contribution in [0.3, 0.4) is 0 Å². The van der Waals surface area contributed by atoms with Crippen molar-refractivity contribution in [1.82, 2.24) is 9.88 Å². The Labute approximate surface area is 137 Å². The van der Waals surface area contributed by atoms with E-state index in [2.05, 4.69) is 29.2 Å². The molecule has 1 saturated heterocycles. The highest BCUT2D eigenvalue weighted by molar-refractivity contribution is 5.94. The molecule has 1 aliphatic rings. The third-order valence-electron chi connectivity index (χ3n) is 4.34. The van der Waals surface area contributed by atoms with Crippen molar-refractivity contribution in [1.29, 1.82) is 0 Å². The Bertz CT molecular complexity index is 643. The number of likely N-dealkylation sites (tertiary alicyclic amines) is 1. The van der Waals surface area contributed by atoms with Crippen LogP contribution in [0.25, 0.3) is 11.3 Å². The molecule has 1 aromatic carbocycles. The number of hydrogen-bond donors (Lipinski definition) is 1. The number of amides is 1. The predicted octanol–water partition coefficient (Wildman–Crippen LogP) is 2.88. The summed E-state index contributed by atoms with van der Waals surface area (Å²) in [5.74, 6) is 0.0991. The highest BCUT2D eigenvalue weighted by Gasteiger charge is 2.18. The quantitative estimate of drug-likeness (QED) is 0.944. The normalized spacial score (nSPS) is 14.7. The summed E-state index contributed by atoms with van der Waals surface area (Å²) in [6, 6.07) is 12.1. The molecule has 2 aromatic rings. The SMILES string of the molecule is NCCc1ccc(-c2ccc(C(=O)N3CCCCC3)cn2)cc1. The zero-order valence-corrected chi connectivity index (χ0v) is 13.4. The standard InChI is InChI=1S/C19H23N3O/c20-11-10-15-4-6-16(7-5-15)18-9-8-17(14-21-18)19(23)22-12-2-1-3-13-22/h4-9,14H,1-3,10-13,20H2. The van der Waals surface area contributed by atoms with E-state index in [0.717, 1.165) is 43.6 Å². The molecule has 1 fully saturated rings. The summed E-state index contributed by atoms with van der Waals surface area (Å²) in [6.07, 6.45) is 6.01. The summed E-state index contributed by atoms with van der Waals surface area (Å²) in [5, 5.41) is 0. The second-order valence-corrected chi connectivity index (χ2v) is 6.02. The van der Waals surface area contributed by atoms with Crippen molar-refractivity contribution in [2.24, 2.45) is 5.73 Å². The van der Waals surface area contributed by atoms with Gasteiger partial charge in [-0.15, -0.1) is 0 Å². The first-order chi connectivity index (χ1) is 11.3. The maximum atomic E-state index is 12.4. The van der Waals surface area contributed by atoms with E-state index in [-0.39, 0.29) is 5.91 Å². The van der Waals surface area contributed by atoms with Gasteiger partial charge in [0.1, 0.15) is 0 Å². The molecule has 1 aromatic heterocycles. The van der Waals surface area contributed by atoms with Crippen LogP contribution in [0.5, 0.6) is 0 Å². The molecule has 0 saturated carbocycles. The molecule has 4 heteroatoms. The minimum Gasteiger partial charge on any atom is -0.339 e. The molecule has 2 N–H and O–H groups in total. The van der Waals surface area contributed by atoms with Crippen LogP contribution in [-0.4, -0.2) is 35.4 Å². The topological polar surface area (TPSA) is 59.2 Å². The van der Waals surface area contributed by atoms with Gasteiger partial charge in [0.25, 0.3) is 5.91 Å². The largest absolute Gasteiger partial charge is 0.339 e. The second kappa shape index (κ2) is 7.38. The molecule has 23 heavy (non-hydrogen) atoms. The lowest BCUT2D eigenvalue weighted by Crippen LogP contribution is -2.35. The van der Waals surface area contributed by atoms with Crippen molar-refractivity contribution in [2.75, 3.05) is 19.6 Å². The first-order valence-corrected chi connectivity index (χ1v) is 8.32. The lowest BCUT2D eigenvalue weighted by molar-refractivity contribution is 0.0724. The number of aromatic nitrogens is 1. The smallest absolute Gasteiger partial charge is 0.255 e. The number of benzene rings is 1. The number of carbonyl (C=O) groups excluding carboxylic acids is 1. The summed E-state index contributed by atoms with van der Waals surface area (Å²) in [5.41, 5.74) is 9.42. The summed E-state index contributed by atoms with van der Waals surface area (Å²) < 4.78 is 0. The van der Waals surface area contributed by atoms with E-state index in [1.807, 2.05) is 17.0 Å². The molecular formula is C19H23N3O. The van der Waals surface area contributed by atoms with Crippen molar-refractivity contribution in [3.8, 4) is 11.3 Å². The van der Waals surface area contributed by atoms with E-state index in [4.69, 9.17) is 5.73 Å². The van der Waals surface area contributed by atoms with E-state index in [0.29, 0.717) is 12.1 Å². The summed E-state index contributed by atoms with van der Waals surface area (Å²) >= 11 is 0. The Morgan fingerprint density at radius 2 is 1.78 bits per heavy atom. The van der Waals surface area contributed by atoms with Crippen LogP contribution in [0, 0.1) is 0 Å². The maximum absolute atomic E-state index is 12.4. The van der Waals surface area contributed by atoms with E-state index in [1.165, 1.54) is 12.0 Å². The predicted molar refractivity (Wildman–Crippen MR) is 92.2 cm³/mol. The van der Waals surface area contributed by atoms with E-state index in [1.54, 1.807) is 6.20 Å². The first-order valence-electron chi connectivity index (χ1n) is 8.32. The van der Waals surface area contributed by atoms with Crippen molar-refractivity contribution >= 4 is 5.91 Å². The van der Waals surface area contributed by atoms with Gasteiger partial charge in [-0.3, -0.25) is 9.78 Å². The number of hydrogen-bond acceptors (Lipinski definition) is 3. The lowest BCUT2D eigenvalue weighted by atomic mass is 10.1. The molecular weight excluding hydrogens is 286 g/mol. The van der Waals surface area contributed by atoms with Gasteiger partial charge in [-0.25, -0.2) is 0 Å². The van der Waals surface area contributed by atoms with E-state index >= 15 is 0 Å². The van der Waals surface area contributed by atoms with Gasteiger partial charge in [0.15, 0.2) is 0 Å².